The average Bonchev–Trinajstić information content (AvgIpc) is 2.62. The molecular weight excluding hydrogens is 288 g/mol. The summed E-state index contributed by atoms with van der Waals surface area (Å²) in [6.45, 7) is 8.32. The van der Waals surface area contributed by atoms with Crippen LogP contribution in [0.5, 0.6) is 0 Å². The van der Waals surface area contributed by atoms with Gasteiger partial charge in [0.15, 0.2) is 0 Å². The van der Waals surface area contributed by atoms with Crippen LogP contribution >= 0.6 is 0 Å². The third kappa shape index (κ3) is 3.38. The molecule has 0 radical (unpaired) electrons. The van der Waals surface area contributed by atoms with Crippen molar-refractivity contribution in [1.29, 1.82) is 0 Å². The third-order valence-corrected chi connectivity index (χ3v) is 4.24. The number of allylic oxidation sites excluding steroid dienone is 2. The first-order valence-electron chi connectivity index (χ1n) is 8.25. The Morgan fingerprint density at radius 2 is 1.08 bits per heavy atom. The van der Waals surface area contributed by atoms with E-state index in [0.717, 1.165) is 5.57 Å². The summed E-state index contributed by atoms with van der Waals surface area (Å²) in [5.74, 6) is 0. The molecule has 0 fully saturated rings. The maximum absolute atomic E-state index is 4.09. The molecule has 0 bridgehead atoms. The molecule has 0 atom stereocenters. The first-order valence-corrected chi connectivity index (χ1v) is 8.25. The molecule has 3 aromatic carbocycles. The molecule has 0 aliphatic carbocycles. The Balaban J connectivity index is 2.28. The summed E-state index contributed by atoms with van der Waals surface area (Å²) in [4.78, 5) is 0. The molecule has 0 amide bonds. The van der Waals surface area contributed by atoms with Crippen molar-refractivity contribution in [2.45, 2.75) is 13.8 Å². The zero-order chi connectivity index (χ0) is 16.9. The van der Waals surface area contributed by atoms with Crippen LogP contribution < -0.4 is 0 Å². The fourth-order valence-electron chi connectivity index (χ4n) is 2.90. The Hall–Kier alpha value is -2.86. The van der Waals surface area contributed by atoms with E-state index >= 15 is 0 Å². The second kappa shape index (κ2) is 7.14. The average molecular weight is 310 g/mol. The number of rotatable bonds is 4. The van der Waals surface area contributed by atoms with E-state index in [0.29, 0.717) is 0 Å². The van der Waals surface area contributed by atoms with Gasteiger partial charge in [0, 0.05) is 0 Å². The fraction of sp³-hybridized carbons (Fsp3) is 0.0833. The molecule has 0 unspecified atom stereocenters. The van der Waals surface area contributed by atoms with Gasteiger partial charge in [0.25, 0.3) is 0 Å². The molecule has 0 saturated carbocycles. The molecule has 0 nitrogen and oxygen atoms in total. The zero-order valence-electron chi connectivity index (χ0n) is 14.3. The predicted molar refractivity (Wildman–Crippen MR) is 105 cm³/mol. The van der Waals surface area contributed by atoms with Crippen LogP contribution in [0.3, 0.4) is 0 Å². The molecule has 0 aliphatic rings. The second-order valence-corrected chi connectivity index (χ2v) is 6.09. The summed E-state index contributed by atoms with van der Waals surface area (Å²) in [6, 6.07) is 27.9. The minimum absolute atomic E-state index is 1.16. The van der Waals surface area contributed by atoms with Crippen LogP contribution in [0, 0.1) is 13.8 Å². The van der Waals surface area contributed by atoms with Crippen molar-refractivity contribution in [2.75, 3.05) is 0 Å². The van der Waals surface area contributed by atoms with Gasteiger partial charge in [-0.2, -0.15) is 0 Å². The lowest BCUT2D eigenvalue weighted by Gasteiger charge is -2.15. The van der Waals surface area contributed by atoms with E-state index in [1.165, 1.54) is 33.4 Å². The number of benzene rings is 3. The Morgan fingerprint density at radius 1 is 0.625 bits per heavy atom. The summed E-state index contributed by atoms with van der Waals surface area (Å²) >= 11 is 0. The summed E-state index contributed by atoms with van der Waals surface area (Å²) < 4.78 is 0. The number of hydrogen-bond acceptors (Lipinski definition) is 0. The molecule has 0 N–H and O–H groups in total. The number of hydrogen-bond donors (Lipinski definition) is 0. The van der Waals surface area contributed by atoms with E-state index in [-0.39, 0.29) is 0 Å². The minimum Gasteiger partial charge on any atom is -0.0984 e. The fourth-order valence-corrected chi connectivity index (χ4v) is 2.90. The van der Waals surface area contributed by atoms with Crippen LogP contribution in [-0.4, -0.2) is 0 Å². The summed E-state index contributed by atoms with van der Waals surface area (Å²) in [7, 11) is 0. The van der Waals surface area contributed by atoms with Crippen molar-refractivity contribution >= 4 is 11.1 Å². The van der Waals surface area contributed by atoms with Crippen molar-refractivity contribution in [3.63, 3.8) is 0 Å². The Labute approximate surface area is 144 Å². The van der Waals surface area contributed by atoms with Crippen molar-refractivity contribution in [3.05, 3.63) is 119 Å². The topological polar surface area (TPSA) is 0 Å². The molecular formula is C24H22. The van der Waals surface area contributed by atoms with E-state index in [2.05, 4.69) is 93.2 Å². The monoisotopic (exact) mass is 310 g/mol. The van der Waals surface area contributed by atoms with Crippen LogP contribution in [0.15, 0.2) is 91.5 Å². The lowest BCUT2D eigenvalue weighted by atomic mass is 9.89. The Kier molecular flexibility index (Phi) is 4.77. The van der Waals surface area contributed by atoms with Gasteiger partial charge in [-0.1, -0.05) is 103 Å². The molecule has 0 aromatic heterocycles. The molecule has 0 heterocycles. The highest BCUT2D eigenvalue weighted by atomic mass is 14.2. The maximum atomic E-state index is 4.09. The molecule has 0 aliphatic heterocycles. The Morgan fingerprint density at radius 3 is 1.50 bits per heavy atom. The van der Waals surface area contributed by atoms with Gasteiger partial charge in [-0.3, -0.25) is 0 Å². The molecule has 3 aromatic rings. The van der Waals surface area contributed by atoms with Crippen LogP contribution in [0.2, 0.25) is 0 Å². The van der Waals surface area contributed by atoms with Crippen LogP contribution in [-0.2, 0) is 0 Å². The highest BCUT2D eigenvalue weighted by Crippen LogP contribution is 2.33. The lowest BCUT2D eigenvalue weighted by molar-refractivity contribution is 1.42. The van der Waals surface area contributed by atoms with Crippen molar-refractivity contribution in [3.8, 4) is 0 Å². The van der Waals surface area contributed by atoms with Gasteiger partial charge < -0.3 is 0 Å². The SMILES string of the molecule is C=CC(=C(c1ccc(C)cc1)c1ccc(C)cc1)c1ccccc1. The van der Waals surface area contributed by atoms with Gasteiger partial charge in [0.05, 0.1) is 0 Å². The van der Waals surface area contributed by atoms with E-state index in [1.54, 1.807) is 0 Å². The van der Waals surface area contributed by atoms with Crippen molar-refractivity contribution in [1.82, 2.24) is 0 Å². The Bertz CT molecular complexity index is 801. The molecule has 118 valence electrons. The first-order chi connectivity index (χ1) is 11.7. The van der Waals surface area contributed by atoms with Gasteiger partial charge in [0.2, 0.25) is 0 Å². The summed E-state index contributed by atoms with van der Waals surface area (Å²) in [5, 5.41) is 0. The van der Waals surface area contributed by atoms with E-state index in [9.17, 15) is 0 Å². The third-order valence-electron chi connectivity index (χ3n) is 4.24. The molecule has 0 heteroatoms. The molecule has 0 saturated heterocycles. The standard InChI is InChI=1S/C24H22/c1-4-23(20-8-6-5-7-9-20)24(21-14-10-18(2)11-15-21)22-16-12-19(3)13-17-22/h4-17H,1H2,2-3H3. The highest BCUT2D eigenvalue weighted by molar-refractivity contribution is 6.02. The van der Waals surface area contributed by atoms with Crippen molar-refractivity contribution in [2.24, 2.45) is 0 Å². The predicted octanol–water partition coefficient (Wildman–Crippen LogP) is 6.45. The minimum atomic E-state index is 1.16. The molecule has 24 heavy (non-hydrogen) atoms. The molecule has 3 rings (SSSR count). The summed E-state index contributed by atoms with van der Waals surface area (Å²) in [5.41, 5.74) is 8.51. The van der Waals surface area contributed by atoms with E-state index in [4.69, 9.17) is 0 Å². The van der Waals surface area contributed by atoms with E-state index in [1.807, 2.05) is 12.1 Å². The largest absolute Gasteiger partial charge is 0.0984 e. The quantitative estimate of drug-likeness (QED) is 0.384. The second-order valence-electron chi connectivity index (χ2n) is 6.09. The van der Waals surface area contributed by atoms with Crippen LogP contribution in [0.25, 0.3) is 11.1 Å². The normalized spacial score (nSPS) is 10.2. The highest BCUT2D eigenvalue weighted by Gasteiger charge is 2.11. The van der Waals surface area contributed by atoms with Crippen molar-refractivity contribution < 1.29 is 0 Å². The van der Waals surface area contributed by atoms with Gasteiger partial charge in [0.1, 0.15) is 0 Å². The van der Waals surface area contributed by atoms with Gasteiger partial charge in [-0.25, -0.2) is 0 Å². The summed E-state index contributed by atoms with van der Waals surface area (Å²) in [6.07, 6.45) is 1.96. The van der Waals surface area contributed by atoms with Gasteiger partial charge in [-0.05, 0) is 41.7 Å². The number of aryl methyl sites for hydroxylation is 2. The molecule has 0 spiro atoms. The zero-order valence-corrected chi connectivity index (χ0v) is 14.3. The van der Waals surface area contributed by atoms with Gasteiger partial charge >= 0.3 is 0 Å². The smallest absolute Gasteiger partial charge is 0.00331 e. The van der Waals surface area contributed by atoms with Crippen LogP contribution in [0.1, 0.15) is 27.8 Å². The van der Waals surface area contributed by atoms with Gasteiger partial charge in [-0.15, -0.1) is 0 Å². The maximum Gasteiger partial charge on any atom is -0.00331 e. The van der Waals surface area contributed by atoms with Crippen LogP contribution in [0.4, 0.5) is 0 Å². The first kappa shape index (κ1) is 16.0. The lowest BCUT2D eigenvalue weighted by Crippen LogP contribution is -1.94. The van der Waals surface area contributed by atoms with E-state index < -0.39 is 0 Å².